The number of hydrogen-bond donors (Lipinski definition) is 1. The first kappa shape index (κ1) is 12.3. The number of amides is 1. The minimum absolute atomic E-state index is 0.0590. The van der Waals surface area contributed by atoms with Crippen molar-refractivity contribution in [3.8, 4) is 0 Å². The van der Waals surface area contributed by atoms with Crippen LogP contribution in [0.25, 0.3) is 0 Å². The molecule has 0 saturated heterocycles. The molecule has 2 aromatic heterocycles. The minimum atomic E-state index is -0.335. The van der Waals surface area contributed by atoms with E-state index >= 15 is 0 Å². The number of nitrogens with zero attached hydrogens (tertiary/aromatic N) is 2. The lowest BCUT2D eigenvalue weighted by Gasteiger charge is -2.16. The highest BCUT2D eigenvalue weighted by molar-refractivity contribution is 6.01. The Bertz CT molecular complexity index is 524. The first-order valence-corrected chi connectivity index (χ1v) is 5.66. The quantitative estimate of drug-likeness (QED) is 0.883. The molecule has 0 saturated carbocycles. The number of anilines is 1. The smallest absolute Gasteiger partial charge is 0.292 e. The molecule has 0 bridgehead atoms. The topological polar surface area (TPSA) is 68.0 Å². The van der Waals surface area contributed by atoms with Gasteiger partial charge in [0.15, 0.2) is 11.6 Å². The maximum absolute atomic E-state index is 11.7. The van der Waals surface area contributed by atoms with Crippen LogP contribution in [0.15, 0.2) is 34.9 Å². The van der Waals surface area contributed by atoms with Crippen LogP contribution in [0.3, 0.4) is 0 Å². The average molecular weight is 245 g/mol. The summed E-state index contributed by atoms with van der Waals surface area (Å²) in [4.78, 5) is 11.7. The standard InChI is InChI=1S/C13H15N3O2/c1-13(2,3)10-6-7-11(16-15-10)14-12(17)9-5-4-8-18-9/h4-8H,1-3H3,(H,14,16,17). The van der Waals surface area contributed by atoms with E-state index in [1.54, 1.807) is 18.2 Å². The zero-order valence-corrected chi connectivity index (χ0v) is 10.6. The SMILES string of the molecule is CC(C)(C)c1ccc(NC(=O)c2ccco2)nn1. The molecule has 0 aliphatic carbocycles. The molecular weight excluding hydrogens is 230 g/mol. The molecular formula is C13H15N3O2. The van der Waals surface area contributed by atoms with Gasteiger partial charge in [-0.1, -0.05) is 20.8 Å². The Morgan fingerprint density at radius 2 is 2.00 bits per heavy atom. The second-order valence-electron chi connectivity index (χ2n) is 4.99. The number of furan rings is 1. The van der Waals surface area contributed by atoms with Gasteiger partial charge in [0.05, 0.1) is 12.0 Å². The molecule has 5 heteroatoms. The Morgan fingerprint density at radius 1 is 1.22 bits per heavy atom. The molecule has 18 heavy (non-hydrogen) atoms. The molecule has 0 radical (unpaired) electrons. The Balaban J connectivity index is 2.09. The van der Waals surface area contributed by atoms with E-state index in [4.69, 9.17) is 4.42 Å². The summed E-state index contributed by atoms with van der Waals surface area (Å²) in [5.41, 5.74) is 0.815. The molecule has 2 rings (SSSR count). The predicted molar refractivity (Wildman–Crippen MR) is 67.4 cm³/mol. The van der Waals surface area contributed by atoms with E-state index < -0.39 is 0 Å². The van der Waals surface area contributed by atoms with E-state index in [0.29, 0.717) is 5.82 Å². The third kappa shape index (κ3) is 2.74. The van der Waals surface area contributed by atoms with Crippen LogP contribution in [0.5, 0.6) is 0 Å². The third-order valence-corrected chi connectivity index (χ3v) is 2.42. The highest BCUT2D eigenvalue weighted by atomic mass is 16.3. The lowest BCUT2D eigenvalue weighted by molar-refractivity contribution is 0.0996. The van der Waals surface area contributed by atoms with Crippen molar-refractivity contribution in [2.45, 2.75) is 26.2 Å². The van der Waals surface area contributed by atoms with Gasteiger partial charge >= 0.3 is 0 Å². The number of aromatic nitrogens is 2. The Labute approximate surface area is 105 Å². The van der Waals surface area contributed by atoms with Gasteiger partial charge in [-0.2, -0.15) is 5.10 Å². The van der Waals surface area contributed by atoms with Gasteiger partial charge in [0, 0.05) is 5.41 Å². The predicted octanol–water partition coefficient (Wildman–Crippen LogP) is 2.62. The molecule has 0 aliphatic heterocycles. The molecule has 0 fully saturated rings. The van der Waals surface area contributed by atoms with Crippen molar-refractivity contribution in [1.29, 1.82) is 0 Å². The summed E-state index contributed by atoms with van der Waals surface area (Å²) in [6, 6.07) is 6.83. The molecule has 5 nitrogen and oxygen atoms in total. The fourth-order valence-electron chi connectivity index (χ4n) is 1.38. The second-order valence-corrected chi connectivity index (χ2v) is 4.99. The van der Waals surface area contributed by atoms with Crippen LogP contribution >= 0.6 is 0 Å². The molecule has 0 spiro atoms. The van der Waals surface area contributed by atoms with Gasteiger partial charge < -0.3 is 9.73 Å². The van der Waals surface area contributed by atoms with Gasteiger partial charge in [-0.25, -0.2) is 0 Å². The molecule has 1 amide bonds. The first-order chi connectivity index (χ1) is 8.47. The number of nitrogens with one attached hydrogen (secondary N) is 1. The molecule has 0 atom stereocenters. The highest BCUT2D eigenvalue weighted by Gasteiger charge is 2.16. The van der Waals surface area contributed by atoms with Crippen molar-refractivity contribution >= 4 is 11.7 Å². The molecule has 0 aliphatic rings. The fourth-order valence-corrected chi connectivity index (χ4v) is 1.38. The largest absolute Gasteiger partial charge is 0.459 e. The maximum Gasteiger partial charge on any atom is 0.292 e. The zero-order chi connectivity index (χ0) is 13.2. The number of carbonyl (C=O) groups excluding carboxylic acids is 1. The van der Waals surface area contributed by atoms with Crippen LogP contribution in [0, 0.1) is 0 Å². The van der Waals surface area contributed by atoms with Crippen LogP contribution in [0.2, 0.25) is 0 Å². The second kappa shape index (κ2) is 4.60. The highest BCUT2D eigenvalue weighted by Crippen LogP contribution is 2.19. The van der Waals surface area contributed by atoms with Gasteiger partial charge in [0.2, 0.25) is 0 Å². The molecule has 2 heterocycles. The number of hydrogen-bond acceptors (Lipinski definition) is 4. The van der Waals surface area contributed by atoms with Crippen molar-refractivity contribution in [2.75, 3.05) is 5.32 Å². The summed E-state index contributed by atoms with van der Waals surface area (Å²) in [5, 5.41) is 10.7. The summed E-state index contributed by atoms with van der Waals surface area (Å²) in [6.45, 7) is 6.16. The molecule has 0 unspecified atom stereocenters. The summed E-state index contributed by atoms with van der Waals surface area (Å²) in [5.74, 6) is 0.318. The maximum atomic E-state index is 11.7. The lowest BCUT2D eigenvalue weighted by Crippen LogP contribution is -2.16. The Morgan fingerprint density at radius 3 is 2.50 bits per heavy atom. The first-order valence-electron chi connectivity index (χ1n) is 5.66. The van der Waals surface area contributed by atoms with E-state index in [0.717, 1.165) is 5.69 Å². The third-order valence-electron chi connectivity index (χ3n) is 2.42. The van der Waals surface area contributed by atoms with E-state index in [9.17, 15) is 4.79 Å². The van der Waals surface area contributed by atoms with Crippen molar-refractivity contribution in [3.63, 3.8) is 0 Å². The van der Waals surface area contributed by atoms with E-state index in [1.807, 2.05) is 6.07 Å². The molecule has 0 aromatic carbocycles. The van der Waals surface area contributed by atoms with Gasteiger partial charge in [0.1, 0.15) is 0 Å². The van der Waals surface area contributed by atoms with Crippen molar-refractivity contribution in [1.82, 2.24) is 10.2 Å². The van der Waals surface area contributed by atoms with Gasteiger partial charge in [-0.05, 0) is 24.3 Å². The van der Waals surface area contributed by atoms with E-state index in [-0.39, 0.29) is 17.1 Å². The van der Waals surface area contributed by atoms with Gasteiger partial charge in [0.25, 0.3) is 5.91 Å². The van der Waals surface area contributed by atoms with Crippen LogP contribution in [-0.4, -0.2) is 16.1 Å². The van der Waals surface area contributed by atoms with Gasteiger partial charge in [-0.3, -0.25) is 4.79 Å². The minimum Gasteiger partial charge on any atom is -0.459 e. The summed E-state index contributed by atoms with van der Waals surface area (Å²) >= 11 is 0. The van der Waals surface area contributed by atoms with Crippen molar-refractivity contribution < 1.29 is 9.21 Å². The van der Waals surface area contributed by atoms with Crippen LogP contribution < -0.4 is 5.32 Å². The normalized spacial score (nSPS) is 11.3. The average Bonchev–Trinajstić information content (AvgIpc) is 2.82. The van der Waals surface area contributed by atoms with E-state index in [2.05, 4.69) is 36.3 Å². The van der Waals surface area contributed by atoms with Crippen LogP contribution in [0.1, 0.15) is 37.0 Å². The Hall–Kier alpha value is -2.17. The lowest BCUT2D eigenvalue weighted by atomic mass is 9.92. The summed E-state index contributed by atoms with van der Waals surface area (Å²) in [7, 11) is 0. The monoisotopic (exact) mass is 245 g/mol. The summed E-state index contributed by atoms with van der Waals surface area (Å²) < 4.78 is 4.99. The molecule has 1 N–H and O–H groups in total. The molecule has 94 valence electrons. The number of rotatable bonds is 2. The molecule has 2 aromatic rings. The van der Waals surface area contributed by atoms with Crippen molar-refractivity contribution in [3.05, 3.63) is 42.0 Å². The van der Waals surface area contributed by atoms with Crippen LogP contribution in [-0.2, 0) is 5.41 Å². The van der Waals surface area contributed by atoms with E-state index in [1.165, 1.54) is 6.26 Å². The van der Waals surface area contributed by atoms with Crippen molar-refractivity contribution in [2.24, 2.45) is 0 Å². The Kier molecular flexibility index (Phi) is 3.14. The number of carbonyl (C=O) groups is 1. The van der Waals surface area contributed by atoms with Gasteiger partial charge in [-0.15, -0.1) is 5.10 Å². The zero-order valence-electron chi connectivity index (χ0n) is 10.6. The fraction of sp³-hybridized carbons (Fsp3) is 0.308. The summed E-state index contributed by atoms with van der Waals surface area (Å²) in [6.07, 6.45) is 1.45. The van der Waals surface area contributed by atoms with Crippen LogP contribution in [0.4, 0.5) is 5.82 Å².